The van der Waals surface area contributed by atoms with Crippen LogP contribution in [0.25, 0.3) is 0 Å². The molecule has 0 radical (unpaired) electrons. The van der Waals surface area contributed by atoms with E-state index in [1.807, 2.05) is 16.4 Å². The van der Waals surface area contributed by atoms with Crippen molar-refractivity contribution in [1.82, 2.24) is 9.59 Å². The third-order valence-electron chi connectivity index (χ3n) is 0.757. The highest BCUT2D eigenvalue weighted by Gasteiger charge is 1.92. The predicted octanol–water partition coefficient (Wildman–Crippen LogP) is 2.54. The summed E-state index contributed by atoms with van der Waals surface area (Å²) in [4.78, 5) is 1.85. The van der Waals surface area contributed by atoms with Gasteiger partial charge in [-0.15, -0.1) is 5.10 Å². The van der Waals surface area contributed by atoms with E-state index >= 15 is 0 Å². The second-order valence-electron chi connectivity index (χ2n) is 1.42. The Labute approximate surface area is 76.0 Å². The number of halogens is 1. The minimum atomic E-state index is 0.941. The second-order valence-corrected chi connectivity index (χ2v) is 3.59. The molecule has 0 aliphatic heterocycles. The summed E-state index contributed by atoms with van der Waals surface area (Å²) in [6.45, 7) is 0. The molecule has 1 aromatic heterocycles. The molecule has 0 aliphatic rings. The van der Waals surface area contributed by atoms with Gasteiger partial charge in [-0.3, -0.25) is 0 Å². The molecule has 5 heteroatoms. The lowest BCUT2D eigenvalue weighted by Gasteiger charge is -1.85. The summed E-state index contributed by atoms with van der Waals surface area (Å²) in [5.74, 6) is 0.941. The molecule has 10 heavy (non-hydrogen) atoms. The molecular weight excluding hydrogens is 232 g/mol. The van der Waals surface area contributed by atoms with Crippen LogP contribution in [0.4, 0.5) is 0 Å². The van der Waals surface area contributed by atoms with E-state index in [4.69, 9.17) is 0 Å². The number of nitrogens with zero attached hydrogens (tertiary/aromatic N) is 2. The lowest BCUT2D eigenvalue weighted by atomic mass is 10.8. The second kappa shape index (κ2) is 4.87. The Morgan fingerprint density at radius 3 is 3.30 bits per heavy atom. The highest BCUT2D eigenvalue weighted by atomic mass is 79.9. The van der Waals surface area contributed by atoms with Gasteiger partial charge in [-0.2, -0.15) is 0 Å². The van der Waals surface area contributed by atoms with Crippen LogP contribution in [-0.4, -0.2) is 15.3 Å². The van der Waals surface area contributed by atoms with E-state index in [9.17, 15) is 0 Å². The van der Waals surface area contributed by atoms with Crippen LogP contribution in [0, 0.1) is 0 Å². The lowest BCUT2D eigenvalue weighted by molar-refractivity contribution is 1.04. The van der Waals surface area contributed by atoms with Gasteiger partial charge in [0.1, 0.15) is 5.03 Å². The summed E-state index contributed by atoms with van der Waals surface area (Å²) in [6, 6.07) is 0. The first-order valence-electron chi connectivity index (χ1n) is 2.58. The van der Waals surface area contributed by atoms with Gasteiger partial charge in [-0.05, 0) is 16.5 Å². The van der Waals surface area contributed by atoms with Crippen molar-refractivity contribution in [3.8, 4) is 0 Å². The van der Waals surface area contributed by atoms with Gasteiger partial charge in [-0.1, -0.05) is 38.3 Å². The molecule has 0 amide bonds. The number of thioether (sulfide) groups is 1. The fourth-order valence-electron chi connectivity index (χ4n) is 0.389. The molecule has 0 N–H and O–H groups in total. The highest BCUT2D eigenvalue weighted by Crippen LogP contribution is 2.15. The van der Waals surface area contributed by atoms with Crippen LogP contribution in [0.2, 0.25) is 0 Å². The van der Waals surface area contributed by atoms with Gasteiger partial charge in [0, 0.05) is 11.1 Å². The molecule has 1 heterocycles. The van der Waals surface area contributed by atoms with Crippen LogP contribution in [0.1, 0.15) is 0 Å². The minimum absolute atomic E-state index is 0.941. The number of aromatic nitrogens is 2. The quantitative estimate of drug-likeness (QED) is 0.755. The summed E-state index contributed by atoms with van der Waals surface area (Å²) in [6.07, 6.45) is 2.02. The lowest BCUT2D eigenvalue weighted by Crippen LogP contribution is -1.72. The molecule has 0 aliphatic carbocycles. The predicted molar refractivity (Wildman–Crippen MR) is 48.7 cm³/mol. The Kier molecular flexibility index (Phi) is 4.01. The fourth-order valence-corrected chi connectivity index (χ4v) is 2.06. The first-order valence-corrected chi connectivity index (χ1v) is 5.32. The molecule has 0 fully saturated rings. The molecule has 0 atom stereocenters. The van der Waals surface area contributed by atoms with Crippen molar-refractivity contribution in [1.29, 1.82) is 0 Å². The van der Waals surface area contributed by atoms with E-state index in [-0.39, 0.29) is 0 Å². The zero-order valence-electron chi connectivity index (χ0n) is 5.03. The van der Waals surface area contributed by atoms with Crippen molar-refractivity contribution in [2.24, 2.45) is 0 Å². The Bertz CT molecular complexity index is 197. The molecule has 1 aromatic rings. The first-order chi connectivity index (χ1) is 4.93. The molecular formula is C5H5BrN2S2. The molecule has 0 bridgehead atoms. The van der Waals surface area contributed by atoms with Gasteiger partial charge >= 0.3 is 0 Å². The summed E-state index contributed by atoms with van der Waals surface area (Å²) < 4.78 is 3.74. The number of hydrogen-bond donors (Lipinski definition) is 0. The molecule has 54 valence electrons. The smallest absolute Gasteiger partial charge is 0.132 e. The number of hydrogen-bond acceptors (Lipinski definition) is 4. The van der Waals surface area contributed by atoms with Crippen LogP contribution < -0.4 is 0 Å². The third-order valence-corrected chi connectivity index (χ3v) is 2.64. The summed E-state index contributed by atoms with van der Waals surface area (Å²) in [7, 11) is 0. The Morgan fingerprint density at radius 1 is 1.80 bits per heavy atom. The largest absolute Gasteiger partial charge is 0.132 e. The van der Waals surface area contributed by atoms with Crippen molar-refractivity contribution in [3.63, 3.8) is 0 Å². The third kappa shape index (κ3) is 2.81. The molecule has 1 rings (SSSR count). The maximum absolute atomic E-state index is 3.87. The van der Waals surface area contributed by atoms with E-state index in [0.717, 1.165) is 10.8 Å². The van der Waals surface area contributed by atoms with Gasteiger partial charge in [-0.25, -0.2) is 0 Å². The maximum Gasteiger partial charge on any atom is 0.132 e. The van der Waals surface area contributed by atoms with Crippen LogP contribution in [0.5, 0.6) is 0 Å². The molecule has 0 unspecified atom stereocenters. The van der Waals surface area contributed by atoms with Crippen molar-refractivity contribution in [3.05, 3.63) is 16.4 Å². The van der Waals surface area contributed by atoms with Crippen LogP contribution in [0.3, 0.4) is 0 Å². The van der Waals surface area contributed by atoms with Crippen LogP contribution in [-0.2, 0) is 0 Å². The standard InChI is InChI=1S/C5H5BrN2S2/c6-2-1-3-9-5-4-10-8-7-5/h1-2,4H,3H2. The summed E-state index contributed by atoms with van der Waals surface area (Å²) in [5, 5.41) is 6.80. The average molecular weight is 237 g/mol. The van der Waals surface area contributed by atoms with Gasteiger partial charge in [0.2, 0.25) is 0 Å². The van der Waals surface area contributed by atoms with Crippen LogP contribution in [0.15, 0.2) is 21.5 Å². The Morgan fingerprint density at radius 2 is 2.70 bits per heavy atom. The van der Waals surface area contributed by atoms with E-state index in [2.05, 4.69) is 25.5 Å². The van der Waals surface area contributed by atoms with Crippen LogP contribution >= 0.6 is 39.2 Å². The normalized spacial score (nSPS) is 10.9. The molecule has 0 saturated heterocycles. The molecule has 2 nitrogen and oxygen atoms in total. The van der Waals surface area contributed by atoms with E-state index < -0.39 is 0 Å². The van der Waals surface area contributed by atoms with Gasteiger partial charge in [0.15, 0.2) is 0 Å². The molecule has 0 aromatic carbocycles. The molecule has 0 spiro atoms. The first kappa shape index (κ1) is 8.23. The van der Waals surface area contributed by atoms with Gasteiger partial charge < -0.3 is 0 Å². The SMILES string of the molecule is BrC=CCSc1csnn1. The topological polar surface area (TPSA) is 25.8 Å². The minimum Gasteiger partial charge on any atom is -0.132 e. The van der Waals surface area contributed by atoms with Gasteiger partial charge in [0.25, 0.3) is 0 Å². The van der Waals surface area contributed by atoms with Crippen molar-refractivity contribution >= 4 is 39.2 Å². The van der Waals surface area contributed by atoms with Crippen molar-refractivity contribution in [2.45, 2.75) is 5.03 Å². The van der Waals surface area contributed by atoms with Crippen molar-refractivity contribution in [2.75, 3.05) is 5.75 Å². The monoisotopic (exact) mass is 236 g/mol. The van der Waals surface area contributed by atoms with E-state index in [0.29, 0.717) is 0 Å². The Hall–Kier alpha value is 0.130. The van der Waals surface area contributed by atoms with E-state index in [1.165, 1.54) is 11.5 Å². The fraction of sp³-hybridized carbons (Fsp3) is 0.200. The zero-order valence-corrected chi connectivity index (χ0v) is 8.25. The zero-order chi connectivity index (χ0) is 7.23. The van der Waals surface area contributed by atoms with Crippen molar-refractivity contribution < 1.29 is 0 Å². The van der Waals surface area contributed by atoms with E-state index in [1.54, 1.807) is 11.8 Å². The Balaban J connectivity index is 2.28. The average Bonchev–Trinajstić information content (AvgIpc) is 2.41. The highest BCUT2D eigenvalue weighted by molar-refractivity contribution is 9.11. The summed E-state index contributed by atoms with van der Waals surface area (Å²) in [5.41, 5.74) is 0. The maximum atomic E-state index is 3.87. The molecule has 0 saturated carbocycles. The van der Waals surface area contributed by atoms with Gasteiger partial charge in [0.05, 0.1) is 0 Å². The summed E-state index contributed by atoms with van der Waals surface area (Å²) >= 11 is 6.24. The number of rotatable bonds is 3.